The number of carbonyl (C=O) groups excluding carboxylic acids is 1. The molecule has 31 heavy (non-hydrogen) atoms. The zero-order chi connectivity index (χ0) is 21.3. The van der Waals surface area contributed by atoms with E-state index in [1.54, 1.807) is 0 Å². The lowest BCUT2D eigenvalue weighted by molar-refractivity contribution is 0.147. The number of halogens is 1. The van der Waals surface area contributed by atoms with Crippen LogP contribution in [-0.2, 0) is 4.74 Å². The lowest BCUT2D eigenvalue weighted by Gasteiger charge is -2.34. The second-order valence-corrected chi connectivity index (χ2v) is 8.13. The van der Waals surface area contributed by atoms with E-state index in [2.05, 4.69) is 51.8 Å². The molecule has 1 amide bonds. The Morgan fingerprint density at radius 3 is 2.58 bits per heavy atom. The number of rotatable bonds is 8. The molecular weight excluding hydrogens is 507 g/mol. The molecule has 0 spiro atoms. The first kappa shape index (κ1) is 25.5. The van der Waals surface area contributed by atoms with E-state index in [4.69, 9.17) is 9.73 Å². The third kappa shape index (κ3) is 8.34. The molecular formula is C22H37IN6O2. The number of piperidine rings is 1. The summed E-state index contributed by atoms with van der Waals surface area (Å²) in [5.74, 6) is 2.38. The molecule has 1 atom stereocenters. The normalized spacial score (nSPS) is 18.0. The molecule has 3 N–H and O–H groups in total. The molecule has 9 heteroatoms. The average molecular weight is 544 g/mol. The highest BCUT2D eigenvalue weighted by Gasteiger charge is 2.32. The number of ether oxygens (including phenoxy) is 1. The van der Waals surface area contributed by atoms with Gasteiger partial charge in [0.2, 0.25) is 0 Å². The SMILES string of the molecule is CCNC(=NCC(NC(=O)OCC)C1CC1)NC1CCN(c2ccc(C)cn2)CC1.I. The van der Waals surface area contributed by atoms with Crippen molar-refractivity contribution in [1.82, 2.24) is 20.9 Å². The van der Waals surface area contributed by atoms with Crippen LogP contribution >= 0.6 is 24.0 Å². The molecule has 1 aromatic rings. The Bertz CT molecular complexity index is 702. The topological polar surface area (TPSA) is 90.9 Å². The van der Waals surface area contributed by atoms with Crippen LogP contribution in [0, 0.1) is 12.8 Å². The number of nitrogens with zero attached hydrogens (tertiary/aromatic N) is 3. The maximum atomic E-state index is 11.8. The predicted octanol–water partition coefficient (Wildman–Crippen LogP) is 3.06. The second-order valence-electron chi connectivity index (χ2n) is 8.13. The van der Waals surface area contributed by atoms with Crippen molar-refractivity contribution in [3.05, 3.63) is 23.9 Å². The molecule has 8 nitrogen and oxygen atoms in total. The van der Waals surface area contributed by atoms with Crippen LogP contribution in [0.15, 0.2) is 23.3 Å². The molecule has 0 radical (unpaired) electrons. The first-order chi connectivity index (χ1) is 14.6. The highest BCUT2D eigenvalue weighted by molar-refractivity contribution is 14.0. The first-order valence-corrected chi connectivity index (χ1v) is 11.2. The van der Waals surface area contributed by atoms with Gasteiger partial charge in [0.25, 0.3) is 0 Å². The van der Waals surface area contributed by atoms with E-state index in [1.165, 1.54) is 5.56 Å². The van der Waals surface area contributed by atoms with Crippen molar-refractivity contribution in [2.24, 2.45) is 10.9 Å². The molecule has 1 unspecified atom stereocenters. The number of guanidine groups is 1. The summed E-state index contributed by atoms with van der Waals surface area (Å²) in [4.78, 5) is 23.5. The summed E-state index contributed by atoms with van der Waals surface area (Å²) in [5, 5.41) is 9.89. The number of aliphatic imine (C=N–C) groups is 1. The van der Waals surface area contributed by atoms with Crippen molar-refractivity contribution in [1.29, 1.82) is 0 Å². The van der Waals surface area contributed by atoms with Crippen LogP contribution in [0.2, 0.25) is 0 Å². The summed E-state index contributed by atoms with van der Waals surface area (Å²) in [6.07, 6.45) is 5.93. The number of aromatic nitrogens is 1. The molecule has 1 aromatic heterocycles. The van der Waals surface area contributed by atoms with Gasteiger partial charge < -0.3 is 25.6 Å². The predicted molar refractivity (Wildman–Crippen MR) is 135 cm³/mol. The fourth-order valence-electron chi connectivity index (χ4n) is 3.74. The average Bonchev–Trinajstić information content (AvgIpc) is 3.58. The summed E-state index contributed by atoms with van der Waals surface area (Å²) in [6.45, 7) is 9.64. The summed E-state index contributed by atoms with van der Waals surface area (Å²) < 4.78 is 5.04. The Balaban J connectivity index is 0.00000341. The minimum atomic E-state index is -0.348. The van der Waals surface area contributed by atoms with Gasteiger partial charge in [-0.3, -0.25) is 4.99 Å². The molecule has 3 rings (SSSR count). The summed E-state index contributed by atoms with van der Waals surface area (Å²) in [7, 11) is 0. The minimum absolute atomic E-state index is 0. The summed E-state index contributed by atoms with van der Waals surface area (Å²) in [5.41, 5.74) is 1.18. The van der Waals surface area contributed by atoms with Gasteiger partial charge in [-0.05, 0) is 64.0 Å². The molecule has 1 saturated heterocycles. The number of nitrogens with one attached hydrogen (secondary N) is 3. The van der Waals surface area contributed by atoms with Crippen LogP contribution in [0.5, 0.6) is 0 Å². The minimum Gasteiger partial charge on any atom is -0.450 e. The van der Waals surface area contributed by atoms with Gasteiger partial charge in [-0.1, -0.05) is 6.07 Å². The monoisotopic (exact) mass is 544 g/mol. The summed E-state index contributed by atoms with van der Waals surface area (Å²) in [6, 6.07) is 4.63. The molecule has 0 bridgehead atoms. The van der Waals surface area contributed by atoms with Gasteiger partial charge in [0.05, 0.1) is 19.2 Å². The van der Waals surface area contributed by atoms with E-state index in [0.717, 1.165) is 57.1 Å². The maximum absolute atomic E-state index is 11.8. The van der Waals surface area contributed by atoms with Crippen molar-refractivity contribution < 1.29 is 9.53 Å². The van der Waals surface area contributed by atoms with Crippen LogP contribution < -0.4 is 20.9 Å². The van der Waals surface area contributed by atoms with Crippen molar-refractivity contribution in [2.75, 3.05) is 37.7 Å². The lowest BCUT2D eigenvalue weighted by Crippen LogP contribution is -2.49. The Labute approximate surface area is 203 Å². The van der Waals surface area contributed by atoms with E-state index in [9.17, 15) is 4.79 Å². The lowest BCUT2D eigenvalue weighted by atomic mass is 10.1. The van der Waals surface area contributed by atoms with E-state index < -0.39 is 0 Å². The molecule has 0 aromatic carbocycles. The Kier molecular flexibility index (Phi) is 10.6. The molecule has 174 valence electrons. The molecule has 1 aliphatic heterocycles. The quantitative estimate of drug-likeness (QED) is 0.265. The Hall–Kier alpha value is -1.78. The van der Waals surface area contributed by atoms with Gasteiger partial charge in [0.1, 0.15) is 5.82 Å². The van der Waals surface area contributed by atoms with Gasteiger partial charge in [0.15, 0.2) is 5.96 Å². The second kappa shape index (κ2) is 12.9. The van der Waals surface area contributed by atoms with E-state index in [-0.39, 0.29) is 36.1 Å². The number of carbonyl (C=O) groups is 1. The number of anilines is 1. The standard InChI is InChI=1S/C22H36N6O2.HI/c1-4-23-21(25-15-19(17-7-8-17)27-22(29)30-5-2)26-18-10-12-28(13-11-18)20-9-6-16(3)14-24-20;/h6,9,14,17-19H,4-5,7-8,10-13,15H2,1-3H3,(H,27,29)(H2,23,25,26);1H. The number of hydrogen-bond acceptors (Lipinski definition) is 5. The first-order valence-electron chi connectivity index (χ1n) is 11.2. The maximum Gasteiger partial charge on any atom is 0.407 e. The van der Waals surface area contributed by atoms with Crippen molar-refractivity contribution in [3.8, 4) is 0 Å². The van der Waals surface area contributed by atoms with Gasteiger partial charge >= 0.3 is 6.09 Å². The number of amides is 1. The fraction of sp³-hybridized carbons (Fsp3) is 0.682. The summed E-state index contributed by atoms with van der Waals surface area (Å²) >= 11 is 0. The van der Waals surface area contributed by atoms with Gasteiger partial charge in [-0.2, -0.15) is 0 Å². The highest BCUT2D eigenvalue weighted by Crippen LogP contribution is 2.32. The third-order valence-corrected chi connectivity index (χ3v) is 5.62. The van der Waals surface area contributed by atoms with E-state index in [1.807, 2.05) is 13.1 Å². The molecule has 2 aliphatic rings. The van der Waals surface area contributed by atoms with Crippen molar-refractivity contribution in [2.45, 2.75) is 58.5 Å². The zero-order valence-corrected chi connectivity index (χ0v) is 21.2. The van der Waals surface area contributed by atoms with Gasteiger partial charge in [-0.15, -0.1) is 24.0 Å². The van der Waals surface area contributed by atoms with Gasteiger partial charge in [0, 0.05) is 31.9 Å². The molecule has 2 heterocycles. The van der Waals surface area contributed by atoms with Crippen LogP contribution in [0.1, 0.15) is 45.1 Å². The van der Waals surface area contributed by atoms with Crippen LogP contribution in [0.4, 0.5) is 10.6 Å². The van der Waals surface area contributed by atoms with Crippen LogP contribution in [-0.4, -0.2) is 61.9 Å². The Morgan fingerprint density at radius 2 is 2.00 bits per heavy atom. The van der Waals surface area contributed by atoms with Crippen molar-refractivity contribution in [3.63, 3.8) is 0 Å². The fourth-order valence-corrected chi connectivity index (χ4v) is 3.74. The van der Waals surface area contributed by atoms with Gasteiger partial charge in [-0.25, -0.2) is 9.78 Å². The van der Waals surface area contributed by atoms with Crippen molar-refractivity contribution >= 4 is 41.8 Å². The largest absolute Gasteiger partial charge is 0.450 e. The number of pyridine rings is 1. The zero-order valence-electron chi connectivity index (χ0n) is 18.9. The number of aryl methyl sites for hydroxylation is 1. The van der Waals surface area contributed by atoms with Crippen LogP contribution in [0.3, 0.4) is 0 Å². The molecule has 1 aliphatic carbocycles. The van der Waals surface area contributed by atoms with E-state index >= 15 is 0 Å². The number of alkyl carbamates (subject to hydrolysis) is 1. The van der Waals surface area contributed by atoms with E-state index in [0.29, 0.717) is 25.1 Å². The Morgan fingerprint density at radius 1 is 1.26 bits per heavy atom. The number of hydrogen-bond donors (Lipinski definition) is 3. The third-order valence-electron chi connectivity index (χ3n) is 5.62. The molecule has 2 fully saturated rings. The van der Waals surface area contributed by atoms with Crippen LogP contribution in [0.25, 0.3) is 0 Å². The molecule has 1 saturated carbocycles. The highest BCUT2D eigenvalue weighted by atomic mass is 127. The smallest absolute Gasteiger partial charge is 0.407 e.